The highest BCUT2D eigenvalue weighted by Crippen LogP contribution is 2.29. The van der Waals surface area contributed by atoms with Crippen molar-refractivity contribution in [2.75, 3.05) is 0 Å². The minimum Gasteiger partial charge on any atom is -0.457 e. The molecule has 0 aliphatic rings. The monoisotopic (exact) mass is 467 g/mol. The summed E-state index contributed by atoms with van der Waals surface area (Å²) in [7, 11) is 0. The number of nitro groups is 1. The minimum absolute atomic E-state index is 0.0118. The van der Waals surface area contributed by atoms with Gasteiger partial charge < -0.3 is 8.83 Å². The molecule has 0 saturated carbocycles. The largest absolute Gasteiger partial charge is 0.457 e. The zero-order valence-electron chi connectivity index (χ0n) is 17.3. The maximum atomic E-state index is 12.4. The topological polar surface area (TPSA) is 123 Å². The summed E-state index contributed by atoms with van der Waals surface area (Å²) in [6.07, 6.45) is 1.56. The lowest BCUT2D eigenvalue weighted by Gasteiger charge is -1.99. The summed E-state index contributed by atoms with van der Waals surface area (Å²) in [5, 5.41) is 23.4. The van der Waals surface area contributed by atoms with E-state index < -0.39 is 10.5 Å². The SMILES string of the molecule is N#C/C(=C\c1ccc(-c2ccc([N+](=O)[O-])cc2)o1)c1nc(-c2cc3ccccc3oc2=O)cs1. The number of para-hydroxylation sites is 1. The van der Waals surface area contributed by atoms with Gasteiger partial charge in [0.05, 0.1) is 21.8 Å². The predicted octanol–water partition coefficient (Wildman–Crippen LogP) is 6.15. The first kappa shape index (κ1) is 21.1. The number of hydrogen-bond donors (Lipinski definition) is 0. The molecule has 0 fully saturated rings. The number of hydrogen-bond acceptors (Lipinski definition) is 8. The zero-order valence-corrected chi connectivity index (χ0v) is 18.1. The molecule has 0 N–H and O–H groups in total. The summed E-state index contributed by atoms with van der Waals surface area (Å²) in [4.78, 5) is 27.3. The summed E-state index contributed by atoms with van der Waals surface area (Å²) in [5.41, 5.74) is 1.66. The molecule has 9 heteroatoms. The molecule has 34 heavy (non-hydrogen) atoms. The molecule has 164 valence electrons. The van der Waals surface area contributed by atoms with Crippen LogP contribution in [0.3, 0.4) is 0 Å². The normalized spacial score (nSPS) is 11.4. The molecular weight excluding hydrogens is 454 g/mol. The standard InChI is InChI=1S/C25H13N3O5S/c26-13-17(11-19-9-10-23(32-19)15-5-7-18(8-6-15)28(30)31)24-27-21(14-34-24)20-12-16-3-1-2-4-22(16)33-25(20)29/h1-12,14H/b17-11+. The van der Waals surface area contributed by atoms with Gasteiger partial charge in [0.25, 0.3) is 5.69 Å². The number of rotatable bonds is 5. The average molecular weight is 467 g/mol. The Morgan fingerprint density at radius 2 is 1.88 bits per heavy atom. The molecule has 2 aromatic carbocycles. The molecule has 3 heterocycles. The van der Waals surface area contributed by atoms with Gasteiger partial charge in [0.1, 0.15) is 28.2 Å². The van der Waals surface area contributed by atoms with Gasteiger partial charge in [-0.2, -0.15) is 5.26 Å². The Kier molecular flexibility index (Phi) is 5.33. The fourth-order valence-corrected chi connectivity index (χ4v) is 4.16. The minimum atomic E-state index is -0.503. The highest BCUT2D eigenvalue weighted by molar-refractivity contribution is 7.11. The highest BCUT2D eigenvalue weighted by Gasteiger charge is 2.15. The van der Waals surface area contributed by atoms with E-state index in [1.54, 1.807) is 53.9 Å². The number of aromatic nitrogens is 1. The number of nitro benzene ring substituents is 1. The highest BCUT2D eigenvalue weighted by atomic mass is 32.1. The molecule has 0 atom stereocenters. The molecule has 3 aromatic heterocycles. The van der Waals surface area contributed by atoms with Crippen LogP contribution in [0.5, 0.6) is 0 Å². The van der Waals surface area contributed by atoms with Crippen molar-refractivity contribution >= 4 is 39.6 Å². The van der Waals surface area contributed by atoms with Gasteiger partial charge in [-0.05, 0) is 36.4 Å². The van der Waals surface area contributed by atoms with Crippen molar-refractivity contribution in [1.29, 1.82) is 5.26 Å². The van der Waals surface area contributed by atoms with Crippen LogP contribution in [-0.2, 0) is 0 Å². The van der Waals surface area contributed by atoms with E-state index in [4.69, 9.17) is 8.83 Å². The number of non-ortho nitro benzene ring substituents is 1. The first-order valence-corrected chi connectivity index (χ1v) is 10.9. The first-order valence-electron chi connectivity index (χ1n) is 9.97. The third-order valence-electron chi connectivity index (χ3n) is 5.05. The van der Waals surface area contributed by atoms with Crippen molar-refractivity contribution in [3.63, 3.8) is 0 Å². The smallest absolute Gasteiger partial charge is 0.345 e. The Bertz CT molecular complexity index is 1670. The van der Waals surface area contributed by atoms with E-state index in [2.05, 4.69) is 11.1 Å². The molecule has 8 nitrogen and oxygen atoms in total. The lowest BCUT2D eigenvalue weighted by Crippen LogP contribution is -2.02. The fraction of sp³-hybridized carbons (Fsp3) is 0. The van der Waals surface area contributed by atoms with Crippen molar-refractivity contribution in [2.24, 2.45) is 0 Å². The van der Waals surface area contributed by atoms with E-state index in [1.807, 2.05) is 12.1 Å². The van der Waals surface area contributed by atoms with Crippen LogP contribution in [0.25, 0.3) is 45.2 Å². The average Bonchev–Trinajstić information content (AvgIpc) is 3.52. The van der Waals surface area contributed by atoms with E-state index in [9.17, 15) is 20.2 Å². The van der Waals surface area contributed by atoms with E-state index in [-0.39, 0.29) is 11.3 Å². The molecule has 0 spiro atoms. The van der Waals surface area contributed by atoms with Crippen LogP contribution in [0, 0.1) is 21.4 Å². The number of furan rings is 1. The van der Waals surface area contributed by atoms with E-state index in [1.165, 1.54) is 23.5 Å². The second-order valence-electron chi connectivity index (χ2n) is 7.20. The van der Waals surface area contributed by atoms with E-state index in [0.29, 0.717) is 38.9 Å². The van der Waals surface area contributed by atoms with Crippen LogP contribution in [0.1, 0.15) is 10.8 Å². The van der Waals surface area contributed by atoms with E-state index in [0.717, 1.165) is 5.39 Å². The lowest BCUT2D eigenvalue weighted by atomic mass is 10.1. The number of nitrogens with zero attached hydrogens (tertiary/aromatic N) is 3. The molecule has 0 aliphatic heterocycles. The number of thiazole rings is 1. The molecule has 0 aliphatic carbocycles. The van der Waals surface area contributed by atoms with Crippen LogP contribution in [0.2, 0.25) is 0 Å². The lowest BCUT2D eigenvalue weighted by molar-refractivity contribution is -0.384. The molecule has 0 bridgehead atoms. The van der Waals surface area contributed by atoms with Gasteiger partial charge in [-0.1, -0.05) is 18.2 Å². The van der Waals surface area contributed by atoms with Gasteiger partial charge >= 0.3 is 5.63 Å². The van der Waals surface area contributed by atoms with Gasteiger partial charge in [-0.15, -0.1) is 11.3 Å². The Balaban J connectivity index is 1.44. The fourth-order valence-electron chi connectivity index (χ4n) is 3.38. The number of nitriles is 1. The molecule has 5 aromatic rings. The summed E-state index contributed by atoms with van der Waals surface area (Å²) >= 11 is 1.23. The van der Waals surface area contributed by atoms with Crippen molar-refractivity contribution in [1.82, 2.24) is 4.98 Å². The molecule has 5 rings (SSSR count). The first-order chi connectivity index (χ1) is 16.5. The van der Waals surface area contributed by atoms with Crippen LogP contribution in [0.4, 0.5) is 5.69 Å². The Hall–Kier alpha value is -4.81. The molecule has 0 radical (unpaired) electrons. The van der Waals surface area contributed by atoms with Crippen molar-refractivity contribution in [2.45, 2.75) is 0 Å². The molecule has 0 unspecified atom stereocenters. The van der Waals surface area contributed by atoms with Crippen molar-refractivity contribution in [3.05, 3.63) is 103 Å². The van der Waals surface area contributed by atoms with Gasteiger partial charge in [-0.25, -0.2) is 9.78 Å². The summed E-state index contributed by atoms with van der Waals surface area (Å²) < 4.78 is 11.2. The Labute approximate surface area is 195 Å². The van der Waals surface area contributed by atoms with Gasteiger partial charge in [-0.3, -0.25) is 10.1 Å². The molecular formula is C25H13N3O5S. The van der Waals surface area contributed by atoms with E-state index >= 15 is 0 Å². The molecule has 0 saturated heterocycles. The maximum Gasteiger partial charge on any atom is 0.345 e. The predicted molar refractivity (Wildman–Crippen MR) is 128 cm³/mol. The van der Waals surface area contributed by atoms with Gasteiger partial charge in [0.2, 0.25) is 0 Å². The third-order valence-corrected chi connectivity index (χ3v) is 5.92. The summed E-state index contributed by atoms with van der Waals surface area (Å²) in [6, 6.07) is 20.4. The quantitative estimate of drug-likeness (QED) is 0.131. The number of benzene rings is 2. The van der Waals surface area contributed by atoms with Gasteiger partial charge in [0, 0.05) is 34.5 Å². The Morgan fingerprint density at radius 1 is 1.09 bits per heavy atom. The van der Waals surface area contributed by atoms with Crippen LogP contribution < -0.4 is 5.63 Å². The van der Waals surface area contributed by atoms with Crippen molar-refractivity contribution < 1.29 is 13.8 Å². The molecule has 0 amide bonds. The van der Waals surface area contributed by atoms with Crippen LogP contribution in [0.15, 0.2) is 85.7 Å². The summed E-state index contributed by atoms with van der Waals surface area (Å²) in [6.45, 7) is 0. The van der Waals surface area contributed by atoms with Crippen LogP contribution in [-0.4, -0.2) is 9.91 Å². The van der Waals surface area contributed by atoms with Crippen molar-refractivity contribution in [3.8, 4) is 28.7 Å². The second kappa shape index (κ2) is 8.61. The summed E-state index contributed by atoms with van der Waals surface area (Å²) in [5.74, 6) is 0.930. The third kappa shape index (κ3) is 4.01. The van der Waals surface area contributed by atoms with Crippen LogP contribution >= 0.6 is 11.3 Å². The van der Waals surface area contributed by atoms with Gasteiger partial charge in [0.15, 0.2) is 0 Å². The second-order valence-corrected chi connectivity index (χ2v) is 8.06. The zero-order chi connectivity index (χ0) is 23.7. The number of fused-ring (bicyclic) bond motifs is 1. The maximum absolute atomic E-state index is 12.4. The number of allylic oxidation sites excluding steroid dienone is 1. The Morgan fingerprint density at radius 3 is 2.65 bits per heavy atom.